The highest BCUT2D eigenvalue weighted by atomic mass is 32.2. The predicted octanol–water partition coefficient (Wildman–Crippen LogP) is 2.86. The van der Waals surface area contributed by atoms with Crippen LogP contribution in [-0.2, 0) is 27.8 Å². The number of pyridine rings is 1. The Balaban J connectivity index is 2.13. The number of nitrogens with zero attached hydrogens (tertiary/aromatic N) is 2. The number of unbranched alkanes of at least 4 members (excludes halogenated alkanes) is 1. The number of rotatable bonds is 10. The number of anilines is 1. The van der Waals surface area contributed by atoms with Gasteiger partial charge in [0.05, 0.1) is 4.90 Å². The van der Waals surface area contributed by atoms with Gasteiger partial charge in [0.1, 0.15) is 6.54 Å². The molecule has 0 fully saturated rings. The molecular formula is C21H29N3O4S. The van der Waals surface area contributed by atoms with Crippen molar-refractivity contribution >= 4 is 21.6 Å². The zero-order valence-electron chi connectivity index (χ0n) is 17.2. The van der Waals surface area contributed by atoms with Crippen LogP contribution in [-0.4, -0.2) is 36.3 Å². The Bertz CT molecular complexity index is 978. The molecule has 0 saturated heterocycles. The lowest BCUT2D eigenvalue weighted by atomic mass is 10.1. The van der Waals surface area contributed by atoms with E-state index in [-0.39, 0.29) is 11.4 Å². The van der Waals surface area contributed by atoms with Crippen molar-refractivity contribution in [2.45, 2.75) is 51.5 Å². The molecule has 0 saturated carbocycles. The highest BCUT2D eigenvalue weighted by Crippen LogP contribution is 2.14. The minimum Gasteiger partial charge on any atom is -0.325 e. The monoisotopic (exact) mass is 419 g/mol. The van der Waals surface area contributed by atoms with Crippen LogP contribution in [0, 0.1) is 0 Å². The first-order chi connectivity index (χ1) is 13.8. The fourth-order valence-corrected chi connectivity index (χ4v) is 4.47. The van der Waals surface area contributed by atoms with Gasteiger partial charge in [-0.15, -0.1) is 0 Å². The second-order valence-corrected chi connectivity index (χ2v) is 8.71. The van der Waals surface area contributed by atoms with Crippen molar-refractivity contribution in [3.8, 4) is 0 Å². The van der Waals surface area contributed by atoms with Crippen molar-refractivity contribution in [3.63, 3.8) is 0 Å². The SMILES string of the molecule is CCCCc1ccc(NC(=O)Cn2cc(S(=O)(=O)N(CC)CC)ccc2=O)cc1. The molecule has 0 aliphatic carbocycles. The van der Waals surface area contributed by atoms with Gasteiger partial charge in [-0.2, -0.15) is 4.31 Å². The molecule has 0 bridgehead atoms. The fourth-order valence-electron chi connectivity index (χ4n) is 2.99. The molecule has 0 unspecified atom stereocenters. The zero-order valence-corrected chi connectivity index (χ0v) is 18.0. The van der Waals surface area contributed by atoms with Gasteiger partial charge >= 0.3 is 0 Å². The average molecular weight is 420 g/mol. The molecule has 0 atom stereocenters. The van der Waals surface area contributed by atoms with Gasteiger partial charge in [0, 0.05) is 31.0 Å². The van der Waals surface area contributed by atoms with E-state index in [4.69, 9.17) is 0 Å². The van der Waals surface area contributed by atoms with E-state index in [1.54, 1.807) is 13.8 Å². The lowest BCUT2D eigenvalue weighted by Gasteiger charge is -2.19. The van der Waals surface area contributed by atoms with Crippen LogP contribution in [0.3, 0.4) is 0 Å². The summed E-state index contributed by atoms with van der Waals surface area (Å²) >= 11 is 0. The maximum atomic E-state index is 12.7. The minimum atomic E-state index is -3.71. The Morgan fingerprint density at radius 2 is 1.69 bits per heavy atom. The van der Waals surface area contributed by atoms with E-state index >= 15 is 0 Å². The maximum absolute atomic E-state index is 12.7. The topological polar surface area (TPSA) is 88.5 Å². The first kappa shape index (κ1) is 22.8. The van der Waals surface area contributed by atoms with Gasteiger partial charge in [0.2, 0.25) is 15.9 Å². The van der Waals surface area contributed by atoms with Crippen molar-refractivity contribution < 1.29 is 13.2 Å². The Morgan fingerprint density at radius 3 is 2.28 bits per heavy atom. The zero-order chi connectivity index (χ0) is 21.4. The number of carbonyl (C=O) groups is 1. The summed E-state index contributed by atoms with van der Waals surface area (Å²) in [5.41, 5.74) is 1.40. The summed E-state index contributed by atoms with van der Waals surface area (Å²) in [4.78, 5) is 24.5. The van der Waals surface area contributed by atoms with Crippen molar-refractivity contribution in [1.82, 2.24) is 8.87 Å². The van der Waals surface area contributed by atoms with E-state index in [2.05, 4.69) is 12.2 Å². The molecule has 0 aliphatic heterocycles. The molecule has 2 rings (SSSR count). The van der Waals surface area contributed by atoms with Gasteiger partial charge in [-0.25, -0.2) is 8.42 Å². The summed E-state index contributed by atoms with van der Waals surface area (Å²) in [6.45, 7) is 6.02. The molecule has 1 aromatic heterocycles. The number of amides is 1. The summed E-state index contributed by atoms with van der Waals surface area (Å²) < 4.78 is 27.7. The van der Waals surface area contributed by atoms with E-state index in [0.29, 0.717) is 18.8 Å². The van der Waals surface area contributed by atoms with E-state index in [0.717, 1.165) is 23.8 Å². The third-order valence-electron chi connectivity index (χ3n) is 4.67. The quantitative estimate of drug-likeness (QED) is 0.641. The van der Waals surface area contributed by atoms with Crippen molar-refractivity contribution in [2.75, 3.05) is 18.4 Å². The molecule has 158 valence electrons. The third-order valence-corrected chi connectivity index (χ3v) is 6.70. The molecular weight excluding hydrogens is 390 g/mol. The van der Waals surface area contributed by atoms with Crippen molar-refractivity contribution in [3.05, 3.63) is 58.5 Å². The van der Waals surface area contributed by atoms with Crippen LogP contribution >= 0.6 is 0 Å². The smallest absolute Gasteiger partial charge is 0.251 e. The minimum absolute atomic E-state index is 0.00567. The molecule has 1 heterocycles. The number of aryl methyl sites for hydroxylation is 1. The second-order valence-electron chi connectivity index (χ2n) is 6.77. The van der Waals surface area contributed by atoms with Gasteiger partial charge in [-0.3, -0.25) is 9.59 Å². The normalized spacial score (nSPS) is 11.6. The van der Waals surface area contributed by atoms with Gasteiger partial charge < -0.3 is 9.88 Å². The summed E-state index contributed by atoms with van der Waals surface area (Å²) in [7, 11) is -3.71. The number of hydrogen-bond donors (Lipinski definition) is 1. The highest BCUT2D eigenvalue weighted by Gasteiger charge is 2.22. The number of nitrogens with one attached hydrogen (secondary N) is 1. The Morgan fingerprint density at radius 1 is 1.03 bits per heavy atom. The molecule has 8 heteroatoms. The number of aromatic nitrogens is 1. The molecule has 1 aromatic carbocycles. The van der Waals surface area contributed by atoms with Gasteiger partial charge in [-0.05, 0) is 36.6 Å². The van der Waals surface area contributed by atoms with E-state index in [9.17, 15) is 18.0 Å². The Kier molecular flexibility index (Phi) is 8.16. The van der Waals surface area contributed by atoms with Crippen LogP contribution in [0.2, 0.25) is 0 Å². The highest BCUT2D eigenvalue weighted by molar-refractivity contribution is 7.89. The van der Waals surface area contributed by atoms with Crippen LogP contribution < -0.4 is 10.9 Å². The lowest BCUT2D eigenvalue weighted by Crippen LogP contribution is -2.33. The van der Waals surface area contributed by atoms with Gasteiger partial charge in [-0.1, -0.05) is 39.3 Å². The summed E-state index contributed by atoms with van der Waals surface area (Å²) in [5.74, 6) is -0.397. The van der Waals surface area contributed by atoms with Gasteiger partial charge in [0.25, 0.3) is 5.56 Å². The Labute approximate surface area is 172 Å². The summed E-state index contributed by atoms with van der Waals surface area (Å²) in [6, 6.07) is 10.0. The fraction of sp³-hybridized carbons (Fsp3) is 0.429. The van der Waals surface area contributed by atoms with Crippen LogP contribution in [0.4, 0.5) is 5.69 Å². The molecule has 1 N–H and O–H groups in total. The number of carbonyl (C=O) groups excluding carboxylic acids is 1. The van der Waals surface area contributed by atoms with E-state index < -0.39 is 21.5 Å². The van der Waals surface area contributed by atoms with Crippen LogP contribution in [0.15, 0.2) is 52.3 Å². The number of sulfonamides is 1. The number of hydrogen-bond acceptors (Lipinski definition) is 4. The molecule has 0 aliphatic rings. The standard InChI is InChI=1S/C21H29N3O4S/c1-4-7-8-17-9-11-18(12-10-17)22-20(25)16-23-15-19(13-14-21(23)26)29(27,28)24(5-2)6-3/h9-15H,4-8,16H2,1-3H3,(H,22,25). The molecule has 29 heavy (non-hydrogen) atoms. The molecule has 1 amide bonds. The van der Waals surface area contributed by atoms with Crippen molar-refractivity contribution in [1.29, 1.82) is 0 Å². The summed E-state index contributed by atoms with van der Waals surface area (Å²) in [5, 5.41) is 2.75. The summed E-state index contributed by atoms with van der Waals surface area (Å²) in [6.07, 6.45) is 4.45. The van der Waals surface area contributed by atoms with Crippen molar-refractivity contribution in [2.24, 2.45) is 0 Å². The molecule has 0 spiro atoms. The maximum Gasteiger partial charge on any atom is 0.251 e. The largest absolute Gasteiger partial charge is 0.325 e. The van der Waals surface area contributed by atoms with Crippen LogP contribution in [0.5, 0.6) is 0 Å². The second kappa shape index (κ2) is 10.4. The lowest BCUT2D eigenvalue weighted by molar-refractivity contribution is -0.116. The first-order valence-corrected chi connectivity index (χ1v) is 11.3. The van der Waals surface area contributed by atoms with Gasteiger partial charge in [0.15, 0.2) is 0 Å². The predicted molar refractivity (Wildman–Crippen MR) is 114 cm³/mol. The number of benzene rings is 1. The Hall–Kier alpha value is -2.45. The van der Waals surface area contributed by atoms with Crippen LogP contribution in [0.1, 0.15) is 39.2 Å². The average Bonchev–Trinajstić information content (AvgIpc) is 2.69. The van der Waals surface area contributed by atoms with E-state index in [1.165, 1.54) is 28.2 Å². The molecule has 7 nitrogen and oxygen atoms in total. The first-order valence-electron chi connectivity index (χ1n) is 9.91. The van der Waals surface area contributed by atoms with Crippen LogP contribution in [0.25, 0.3) is 0 Å². The third kappa shape index (κ3) is 6.01. The molecule has 2 aromatic rings. The van der Waals surface area contributed by atoms with E-state index in [1.807, 2.05) is 24.3 Å². The molecule has 0 radical (unpaired) electrons.